The average Bonchev–Trinajstić information content (AvgIpc) is 2.83. The summed E-state index contributed by atoms with van der Waals surface area (Å²) >= 11 is 0. The van der Waals surface area contributed by atoms with Crippen molar-refractivity contribution >= 4 is 6.09 Å². The maximum Gasteiger partial charge on any atom is 0.424 e. The van der Waals surface area contributed by atoms with Crippen molar-refractivity contribution in [3.8, 4) is 0 Å². The van der Waals surface area contributed by atoms with Crippen LogP contribution in [-0.4, -0.2) is 22.7 Å². The quantitative estimate of drug-likeness (QED) is 0.445. The van der Waals surface area contributed by atoms with Crippen molar-refractivity contribution in [3.63, 3.8) is 0 Å². The lowest BCUT2D eigenvalue weighted by Crippen LogP contribution is -2.46. The molecule has 0 bridgehead atoms. The summed E-state index contributed by atoms with van der Waals surface area (Å²) in [5.74, 6) is 6.46. The molecule has 1 saturated carbocycles. The minimum Gasteiger partial charge on any atom is -0.443 e. The number of hydrogen-bond donors (Lipinski definition) is 1. The molecule has 0 spiro atoms. The average molecular weight is 214 g/mol. The fourth-order valence-corrected chi connectivity index (χ4v) is 1.44. The SMILES string of the molecule is C[C@@H](CC1CC1)N(N)C(=O)OC(C)(C)C. The molecule has 1 aliphatic carbocycles. The summed E-state index contributed by atoms with van der Waals surface area (Å²) in [5.41, 5.74) is -0.478. The molecule has 0 aromatic carbocycles. The van der Waals surface area contributed by atoms with E-state index in [0.717, 1.165) is 12.3 Å². The molecule has 0 unspecified atom stereocenters. The van der Waals surface area contributed by atoms with Crippen LogP contribution in [0.4, 0.5) is 4.79 Å². The van der Waals surface area contributed by atoms with Gasteiger partial charge in [-0.05, 0) is 40.0 Å². The zero-order chi connectivity index (χ0) is 11.6. The first-order valence-electron chi connectivity index (χ1n) is 5.56. The molecule has 88 valence electrons. The van der Waals surface area contributed by atoms with Crippen molar-refractivity contribution in [3.05, 3.63) is 0 Å². The predicted octanol–water partition coefficient (Wildman–Crippen LogP) is 2.29. The molecule has 1 amide bonds. The Morgan fingerprint density at radius 2 is 2.07 bits per heavy atom. The van der Waals surface area contributed by atoms with E-state index in [4.69, 9.17) is 10.6 Å². The lowest BCUT2D eigenvalue weighted by atomic mass is 10.1. The second kappa shape index (κ2) is 4.39. The van der Waals surface area contributed by atoms with Gasteiger partial charge >= 0.3 is 6.09 Å². The molecule has 0 aliphatic heterocycles. The molecule has 1 rings (SSSR count). The highest BCUT2D eigenvalue weighted by molar-refractivity contribution is 5.67. The number of ether oxygens (including phenoxy) is 1. The van der Waals surface area contributed by atoms with E-state index in [-0.39, 0.29) is 6.04 Å². The zero-order valence-electron chi connectivity index (χ0n) is 10.1. The zero-order valence-corrected chi connectivity index (χ0v) is 10.1. The monoisotopic (exact) mass is 214 g/mol. The molecule has 0 saturated heterocycles. The number of amides is 1. The Morgan fingerprint density at radius 1 is 1.53 bits per heavy atom. The smallest absolute Gasteiger partial charge is 0.424 e. The first-order chi connectivity index (χ1) is 6.79. The highest BCUT2D eigenvalue weighted by Crippen LogP contribution is 2.34. The molecular formula is C11H22N2O2. The number of hydrogen-bond acceptors (Lipinski definition) is 3. The van der Waals surface area contributed by atoms with Crippen LogP contribution >= 0.6 is 0 Å². The van der Waals surface area contributed by atoms with Gasteiger partial charge in [0.05, 0.1) is 0 Å². The highest BCUT2D eigenvalue weighted by Gasteiger charge is 2.29. The van der Waals surface area contributed by atoms with Gasteiger partial charge in [0.25, 0.3) is 0 Å². The predicted molar refractivity (Wildman–Crippen MR) is 59.1 cm³/mol. The second-order valence-electron chi connectivity index (χ2n) is 5.42. The highest BCUT2D eigenvalue weighted by atomic mass is 16.6. The van der Waals surface area contributed by atoms with Crippen molar-refractivity contribution in [1.29, 1.82) is 0 Å². The van der Waals surface area contributed by atoms with Crippen molar-refractivity contribution in [2.24, 2.45) is 11.8 Å². The van der Waals surface area contributed by atoms with E-state index in [0.29, 0.717) is 0 Å². The van der Waals surface area contributed by atoms with Gasteiger partial charge in [0, 0.05) is 6.04 Å². The van der Waals surface area contributed by atoms with Gasteiger partial charge in [0.1, 0.15) is 5.60 Å². The number of carbonyl (C=O) groups excluding carboxylic acids is 1. The van der Waals surface area contributed by atoms with Crippen molar-refractivity contribution in [1.82, 2.24) is 5.01 Å². The van der Waals surface area contributed by atoms with Crippen LogP contribution in [-0.2, 0) is 4.74 Å². The van der Waals surface area contributed by atoms with E-state index in [2.05, 4.69) is 0 Å². The molecule has 15 heavy (non-hydrogen) atoms. The lowest BCUT2D eigenvalue weighted by Gasteiger charge is -2.28. The summed E-state index contributed by atoms with van der Waals surface area (Å²) in [7, 11) is 0. The molecule has 1 aliphatic rings. The van der Waals surface area contributed by atoms with Crippen LogP contribution < -0.4 is 5.84 Å². The molecule has 1 atom stereocenters. The molecule has 0 aromatic rings. The van der Waals surface area contributed by atoms with Crippen LogP contribution in [0.25, 0.3) is 0 Å². The van der Waals surface area contributed by atoms with Gasteiger partial charge < -0.3 is 4.74 Å². The number of nitrogens with zero attached hydrogens (tertiary/aromatic N) is 1. The maximum absolute atomic E-state index is 11.6. The Morgan fingerprint density at radius 3 is 2.47 bits per heavy atom. The van der Waals surface area contributed by atoms with Gasteiger partial charge in [-0.15, -0.1) is 0 Å². The van der Waals surface area contributed by atoms with Crippen molar-refractivity contribution < 1.29 is 9.53 Å². The third kappa shape index (κ3) is 4.51. The first-order valence-corrected chi connectivity index (χ1v) is 5.56. The Bertz CT molecular complexity index is 231. The molecule has 4 heteroatoms. The van der Waals surface area contributed by atoms with Crippen LogP contribution in [0.5, 0.6) is 0 Å². The van der Waals surface area contributed by atoms with Crippen LogP contribution in [0.1, 0.15) is 47.0 Å². The van der Waals surface area contributed by atoms with Gasteiger partial charge in [0.2, 0.25) is 0 Å². The minimum atomic E-state index is -0.478. The van der Waals surface area contributed by atoms with Crippen LogP contribution in [0.15, 0.2) is 0 Å². The normalized spacial score (nSPS) is 18.5. The molecule has 0 radical (unpaired) electrons. The lowest BCUT2D eigenvalue weighted by molar-refractivity contribution is 0.0161. The van der Waals surface area contributed by atoms with Crippen molar-refractivity contribution in [2.75, 3.05) is 0 Å². The van der Waals surface area contributed by atoms with Crippen LogP contribution in [0.3, 0.4) is 0 Å². The Hall–Kier alpha value is -0.770. The number of hydrazine groups is 1. The number of rotatable bonds is 3. The van der Waals surface area contributed by atoms with Crippen LogP contribution in [0.2, 0.25) is 0 Å². The maximum atomic E-state index is 11.6. The molecule has 4 nitrogen and oxygen atoms in total. The molecule has 0 heterocycles. The fourth-order valence-electron chi connectivity index (χ4n) is 1.44. The van der Waals surface area contributed by atoms with Gasteiger partial charge in [0.15, 0.2) is 0 Å². The summed E-state index contributed by atoms with van der Waals surface area (Å²) < 4.78 is 5.18. The topological polar surface area (TPSA) is 55.6 Å². The standard InChI is InChI=1S/C11H22N2O2/c1-8(7-9-5-6-9)13(12)10(14)15-11(2,3)4/h8-9H,5-7,12H2,1-4H3/t8-/m0/s1. The summed E-state index contributed by atoms with van der Waals surface area (Å²) in [6, 6.07) is 0.0624. The summed E-state index contributed by atoms with van der Waals surface area (Å²) in [6.45, 7) is 7.47. The van der Waals surface area contributed by atoms with E-state index < -0.39 is 11.7 Å². The van der Waals surface area contributed by atoms with E-state index >= 15 is 0 Å². The second-order valence-corrected chi connectivity index (χ2v) is 5.42. The summed E-state index contributed by atoms with van der Waals surface area (Å²) in [4.78, 5) is 11.6. The van der Waals surface area contributed by atoms with Crippen molar-refractivity contribution in [2.45, 2.75) is 58.6 Å². The van der Waals surface area contributed by atoms with Gasteiger partial charge in [-0.1, -0.05) is 12.8 Å². The van der Waals surface area contributed by atoms with E-state index in [9.17, 15) is 4.79 Å². The molecule has 2 N–H and O–H groups in total. The van der Waals surface area contributed by atoms with Gasteiger partial charge in [-0.2, -0.15) is 0 Å². The molecular weight excluding hydrogens is 192 g/mol. The largest absolute Gasteiger partial charge is 0.443 e. The van der Waals surface area contributed by atoms with E-state index in [1.165, 1.54) is 17.9 Å². The van der Waals surface area contributed by atoms with Gasteiger partial charge in [-0.25, -0.2) is 15.6 Å². The number of nitrogens with two attached hydrogens (primary N) is 1. The van der Waals surface area contributed by atoms with E-state index in [1.807, 2.05) is 27.7 Å². The molecule has 0 aromatic heterocycles. The number of carbonyl (C=O) groups is 1. The fraction of sp³-hybridized carbons (Fsp3) is 0.909. The Balaban J connectivity index is 2.36. The minimum absolute atomic E-state index is 0.0624. The van der Waals surface area contributed by atoms with Gasteiger partial charge in [-0.3, -0.25) is 0 Å². The van der Waals surface area contributed by atoms with E-state index in [1.54, 1.807) is 0 Å². The Labute approximate surface area is 91.7 Å². The van der Waals surface area contributed by atoms with Crippen LogP contribution in [0, 0.1) is 5.92 Å². The third-order valence-electron chi connectivity index (χ3n) is 2.45. The first kappa shape index (κ1) is 12.3. The molecule has 1 fully saturated rings. The summed E-state index contributed by atoms with van der Waals surface area (Å²) in [6.07, 6.45) is 3.09. The Kier molecular flexibility index (Phi) is 3.60. The summed E-state index contributed by atoms with van der Waals surface area (Å²) in [5, 5.41) is 1.21. The third-order valence-corrected chi connectivity index (χ3v) is 2.45.